The van der Waals surface area contributed by atoms with Gasteiger partial charge in [0.2, 0.25) is 5.91 Å². The smallest absolute Gasteiger partial charge is 0.238 e. The van der Waals surface area contributed by atoms with Gasteiger partial charge >= 0.3 is 0 Å². The lowest BCUT2D eigenvalue weighted by Gasteiger charge is -2.26. The van der Waals surface area contributed by atoms with Crippen LogP contribution in [0, 0.1) is 6.92 Å². The van der Waals surface area contributed by atoms with Crippen molar-refractivity contribution in [1.82, 2.24) is 4.90 Å². The quantitative estimate of drug-likeness (QED) is 0.800. The molecule has 0 aliphatic heterocycles. The number of hydrogen-bond acceptors (Lipinski definition) is 2. The van der Waals surface area contributed by atoms with Crippen LogP contribution in [0.5, 0.6) is 0 Å². The van der Waals surface area contributed by atoms with Crippen molar-refractivity contribution in [2.24, 2.45) is 0 Å². The summed E-state index contributed by atoms with van der Waals surface area (Å²) in [6.07, 6.45) is 0. The standard InChI is InChI=1S/C19H23BrN2O/c1-14(2)22(12-16-7-5-4-6-8-16)13-19(23)21-17-10-9-15(3)18(20)11-17/h4-11,14H,12-13H2,1-3H3,(H,21,23). The van der Waals surface area contributed by atoms with Gasteiger partial charge in [0, 0.05) is 22.7 Å². The van der Waals surface area contributed by atoms with Gasteiger partial charge in [0.1, 0.15) is 0 Å². The number of anilines is 1. The van der Waals surface area contributed by atoms with Gasteiger partial charge < -0.3 is 5.32 Å². The summed E-state index contributed by atoms with van der Waals surface area (Å²) in [7, 11) is 0. The predicted molar refractivity (Wildman–Crippen MR) is 99.5 cm³/mol. The molecule has 0 radical (unpaired) electrons. The Morgan fingerprint density at radius 2 is 1.87 bits per heavy atom. The third kappa shape index (κ3) is 5.48. The number of aryl methyl sites for hydroxylation is 1. The lowest BCUT2D eigenvalue weighted by molar-refractivity contribution is -0.117. The van der Waals surface area contributed by atoms with Crippen molar-refractivity contribution in [3.05, 3.63) is 64.1 Å². The lowest BCUT2D eigenvalue weighted by Crippen LogP contribution is -2.37. The maximum Gasteiger partial charge on any atom is 0.238 e. The summed E-state index contributed by atoms with van der Waals surface area (Å²) < 4.78 is 1.00. The van der Waals surface area contributed by atoms with E-state index in [4.69, 9.17) is 0 Å². The van der Waals surface area contributed by atoms with Crippen molar-refractivity contribution in [3.8, 4) is 0 Å². The molecule has 1 N–H and O–H groups in total. The molecular formula is C19H23BrN2O. The van der Waals surface area contributed by atoms with Gasteiger partial charge in [-0.1, -0.05) is 52.3 Å². The van der Waals surface area contributed by atoms with E-state index >= 15 is 0 Å². The van der Waals surface area contributed by atoms with E-state index < -0.39 is 0 Å². The van der Waals surface area contributed by atoms with Crippen LogP contribution in [0.2, 0.25) is 0 Å². The second-order valence-electron chi connectivity index (χ2n) is 6.00. The molecule has 2 rings (SSSR count). The summed E-state index contributed by atoms with van der Waals surface area (Å²) >= 11 is 3.49. The summed E-state index contributed by atoms with van der Waals surface area (Å²) in [6, 6.07) is 16.4. The Morgan fingerprint density at radius 3 is 2.48 bits per heavy atom. The number of amides is 1. The van der Waals surface area contributed by atoms with Crippen molar-refractivity contribution in [2.75, 3.05) is 11.9 Å². The molecule has 0 bridgehead atoms. The third-order valence-corrected chi connectivity index (χ3v) is 4.62. The third-order valence-electron chi connectivity index (χ3n) is 3.76. The van der Waals surface area contributed by atoms with Gasteiger partial charge in [-0.3, -0.25) is 9.69 Å². The van der Waals surface area contributed by atoms with E-state index in [1.165, 1.54) is 5.56 Å². The van der Waals surface area contributed by atoms with Crippen LogP contribution in [0.1, 0.15) is 25.0 Å². The minimum atomic E-state index is 0.00499. The zero-order chi connectivity index (χ0) is 16.8. The van der Waals surface area contributed by atoms with Crippen molar-refractivity contribution in [3.63, 3.8) is 0 Å². The molecule has 0 heterocycles. The van der Waals surface area contributed by atoms with E-state index in [9.17, 15) is 4.79 Å². The largest absolute Gasteiger partial charge is 0.325 e. The zero-order valence-corrected chi connectivity index (χ0v) is 15.4. The molecule has 0 aliphatic carbocycles. The molecular weight excluding hydrogens is 352 g/mol. The highest BCUT2D eigenvalue weighted by Crippen LogP contribution is 2.20. The Morgan fingerprint density at radius 1 is 1.17 bits per heavy atom. The van der Waals surface area contributed by atoms with Gasteiger partial charge in [0.05, 0.1) is 6.54 Å². The van der Waals surface area contributed by atoms with Crippen LogP contribution in [0.15, 0.2) is 53.0 Å². The minimum Gasteiger partial charge on any atom is -0.325 e. The van der Waals surface area contributed by atoms with Gasteiger partial charge in [-0.2, -0.15) is 0 Å². The molecule has 0 aromatic heterocycles. The Hall–Kier alpha value is -1.65. The second kappa shape index (κ2) is 8.27. The van der Waals surface area contributed by atoms with Crippen molar-refractivity contribution in [1.29, 1.82) is 0 Å². The van der Waals surface area contributed by atoms with Crippen LogP contribution in [0.3, 0.4) is 0 Å². The van der Waals surface area contributed by atoms with Gasteiger partial charge in [-0.25, -0.2) is 0 Å². The molecule has 0 fully saturated rings. The van der Waals surface area contributed by atoms with Gasteiger partial charge in [-0.05, 0) is 44.0 Å². The predicted octanol–water partition coefficient (Wildman–Crippen LogP) is 4.61. The van der Waals surface area contributed by atoms with Gasteiger partial charge in [-0.15, -0.1) is 0 Å². The molecule has 0 spiro atoms. The van der Waals surface area contributed by atoms with Gasteiger partial charge in [0.15, 0.2) is 0 Å². The minimum absolute atomic E-state index is 0.00499. The number of nitrogens with one attached hydrogen (secondary N) is 1. The highest BCUT2D eigenvalue weighted by atomic mass is 79.9. The van der Waals surface area contributed by atoms with E-state index in [0.717, 1.165) is 22.3 Å². The highest BCUT2D eigenvalue weighted by molar-refractivity contribution is 9.10. The van der Waals surface area contributed by atoms with E-state index in [0.29, 0.717) is 12.6 Å². The molecule has 3 nitrogen and oxygen atoms in total. The molecule has 2 aromatic rings. The van der Waals surface area contributed by atoms with E-state index in [1.54, 1.807) is 0 Å². The zero-order valence-electron chi connectivity index (χ0n) is 13.8. The number of halogens is 1. The molecule has 4 heteroatoms. The fourth-order valence-corrected chi connectivity index (χ4v) is 2.67. The molecule has 23 heavy (non-hydrogen) atoms. The highest BCUT2D eigenvalue weighted by Gasteiger charge is 2.15. The summed E-state index contributed by atoms with van der Waals surface area (Å²) in [5.74, 6) is 0.00499. The molecule has 122 valence electrons. The Balaban J connectivity index is 1.99. The Bertz CT molecular complexity index is 656. The van der Waals surface area contributed by atoms with Crippen LogP contribution < -0.4 is 5.32 Å². The first-order valence-electron chi connectivity index (χ1n) is 7.79. The van der Waals surface area contributed by atoms with Crippen LogP contribution in [-0.2, 0) is 11.3 Å². The van der Waals surface area contributed by atoms with Crippen LogP contribution in [-0.4, -0.2) is 23.4 Å². The molecule has 0 unspecified atom stereocenters. The number of benzene rings is 2. The van der Waals surface area contributed by atoms with Crippen molar-refractivity contribution < 1.29 is 4.79 Å². The number of carbonyl (C=O) groups is 1. The first kappa shape index (κ1) is 17.7. The Kier molecular flexibility index (Phi) is 6.37. The first-order chi connectivity index (χ1) is 11.0. The average molecular weight is 375 g/mol. The molecule has 1 amide bonds. The monoisotopic (exact) mass is 374 g/mol. The topological polar surface area (TPSA) is 32.3 Å². The van der Waals surface area contributed by atoms with E-state index in [-0.39, 0.29) is 5.91 Å². The molecule has 0 saturated heterocycles. The SMILES string of the molecule is Cc1ccc(NC(=O)CN(Cc2ccccc2)C(C)C)cc1Br. The summed E-state index contributed by atoms with van der Waals surface area (Å²) in [4.78, 5) is 14.5. The van der Waals surface area contributed by atoms with Gasteiger partial charge in [0.25, 0.3) is 0 Å². The average Bonchev–Trinajstić information content (AvgIpc) is 2.51. The fraction of sp³-hybridized carbons (Fsp3) is 0.316. The van der Waals surface area contributed by atoms with Crippen LogP contribution in [0.25, 0.3) is 0 Å². The van der Waals surface area contributed by atoms with Crippen LogP contribution >= 0.6 is 15.9 Å². The lowest BCUT2D eigenvalue weighted by atomic mass is 10.2. The number of nitrogens with zero attached hydrogens (tertiary/aromatic N) is 1. The number of rotatable bonds is 6. The Labute approximate surface area is 146 Å². The molecule has 0 saturated carbocycles. The number of hydrogen-bond donors (Lipinski definition) is 1. The van der Waals surface area contributed by atoms with E-state index in [1.807, 2.05) is 43.3 Å². The molecule has 2 aromatic carbocycles. The summed E-state index contributed by atoms with van der Waals surface area (Å²) in [6.45, 7) is 7.38. The van der Waals surface area contributed by atoms with E-state index in [2.05, 4.69) is 52.1 Å². The molecule has 0 atom stereocenters. The summed E-state index contributed by atoms with van der Waals surface area (Å²) in [5.41, 5.74) is 3.18. The second-order valence-corrected chi connectivity index (χ2v) is 6.85. The summed E-state index contributed by atoms with van der Waals surface area (Å²) in [5, 5.41) is 2.97. The normalized spacial score (nSPS) is 11.0. The van der Waals surface area contributed by atoms with Crippen molar-refractivity contribution in [2.45, 2.75) is 33.4 Å². The maximum atomic E-state index is 12.3. The fourth-order valence-electron chi connectivity index (χ4n) is 2.29. The van der Waals surface area contributed by atoms with Crippen LogP contribution in [0.4, 0.5) is 5.69 Å². The number of carbonyl (C=O) groups excluding carboxylic acids is 1. The molecule has 0 aliphatic rings. The first-order valence-corrected chi connectivity index (χ1v) is 8.59. The van der Waals surface area contributed by atoms with Crippen molar-refractivity contribution >= 4 is 27.5 Å². The maximum absolute atomic E-state index is 12.3.